The molecule has 164 valence electrons. The lowest BCUT2D eigenvalue weighted by Crippen LogP contribution is -2.45. The minimum absolute atomic E-state index is 0.235. The van der Waals surface area contributed by atoms with Crippen molar-refractivity contribution in [3.05, 3.63) is 71.4 Å². The fraction of sp³-hybridized carbons (Fsp3) is 0.417. The van der Waals surface area contributed by atoms with E-state index in [1.54, 1.807) is 12.1 Å². The fourth-order valence-corrected chi connectivity index (χ4v) is 4.06. The lowest BCUT2D eigenvalue weighted by molar-refractivity contribution is 0.267. The highest BCUT2D eigenvalue weighted by Gasteiger charge is 2.25. The molecule has 3 aromatic rings. The van der Waals surface area contributed by atoms with Crippen LogP contribution in [0.1, 0.15) is 23.9 Å². The van der Waals surface area contributed by atoms with Crippen molar-refractivity contribution in [2.75, 3.05) is 44.7 Å². The number of hydrogen-bond donors (Lipinski definition) is 0. The van der Waals surface area contributed by atoms with Gasteiger partial charge in [-0.15, -0.1) is 0 Å². The Bertz CT molecular complexity index is 977. The Morgan fingerprint density at radius 2 is 1.74 bits per heavy atom. The Labute approximate surface area is 183 Å². The average Bonchev–Trinajstić information content (AvgIpc) is 3.11. The molecule has 6 nitrogen and oxygen atoms in total. The zero-order valence-corrected chi connectivity index (χ0v) is 18.6. The number of hydrogen-bond acceptors (Lipinski definition) is 5. The van der Waals surface area contributed by atoms with Crippen LogP contribution in [0.4, 0.5) is 10.2 Å². The van der Waals surface area contributed by atoms with Crippen molar-refractivity contribution in [2.24, 2.45) is 0 Å². The number of piperazine rings is 1. The molecular formula is C24H31FN6. The summed E-state index contributed by atoms with van der Waals surface area (Å²) in [5.41, 5.74) is 4.19. The standard InChI is InChI=1S/C24H31FN6/c1-4-29(17-21-7-5-6-12-26-21)18-23-19(2)27-31(22-10-8-20(25)9-11-22)24(23)30-15-13-28(3)14-16-30/h5-12H,4,13-18H2,1-3H3. The molecule has 0 atom stereocenters. The molecule has 1 aliphatic heterocycles. The maximum absolute atomic E-state index is 13.6. The number of likely N-dealkylation sites (N-methyl/N-ethyl adjacent to an activating group) is 1. The van der Waals surface area contributed by atoms with Gasteiger partial charge >= 0.3 is 0 Å². The number of benzene rings is 1. The number of anilines is 1. The molecule has 4 rings (SSSR count). The number of rotatable bonds is 7. The average molecular weight is 423 g/mol. The number of halogens is 1. The van der Waals surface area contributed by atoms with E-state index in [0.717, 1.165) is 68.7 Å². The molecule has 7 heteroatoms. The first-order valence-electron chi connectivity index (χ1n) is 11.0. The molecule has 0 spiro atoms. The predicted molar refractivity (Wildman–Crippen MR) is 122 cm³/mol. The van der Waals surface area contributed by atoms with Gasteiger partial charge in [0.2, 0.25) is 0 Å². The van der Waals surface area contributed by atoms with Crippen molar-refractivity contribution >= 4 is 5.82 Å². The number of pyridine rings is 1. The van der Waals surface area contributed by atoms with Gasteiger partial charge in [-0.2, -0.15) is 5.10 Å². The summed E-state index contributed by atoms with van der Waals surface area (Å²) in [7, 11) is 2.16. The third-order valence-electron chi connectivity index (χ3n) is 5.97. The van der Waals surface area contributed by atoms with Gasteiger partial charge in [-0.3, -0.25) is 9.88 Å². The fourth-order valence-electron chi connectivity index (χ4n) is 4.06. The molecule has 0 saturated carbocycles. The van der Waals surface area contributed by atoms with Gasteiger partial charge in [-0.05, 0) is 56.9 Å². The first-order chi connectivity index (χ1) is 15.0. The molecule has 0 bridgehead atoms. The highest BCUT2D eigenvalue weighted by atomic mass is 19.1. The van der Waals surface area contributed by atoms with Crippen molar-refractivity contribution in [3.8, 4) is 5.69 Å². The van der Waals surface area contributed by atoms with E-state index in [0.29, 0.717) is 0 Å². The van der Waals surface area contributed by atoms with Gasteiger partial charge in [0.1, 0.15) is 11.6 Å². The minimum atomic E-state index is -0.235. The van der Waals surface area contributed by atoms with Crippen LogP contribution in [0.2, 0.25) is 0 Å². The summed E-state index contributed by atoms with van der Waals surface area (Å²) in [5, 5.41) is 4.90. The Morgan fingerprint density at radius 3 is 2.39 bits per heavy atom. The molecule has 1 saturated heterocycles. The molecule has 0 aliphatic carbocycles. The quantitative estimate of drug-likeness (QED) is 0.583. The van der Waals surface area contributed by atoms with E-state index in [4.69, 9.17) is 5.10 Å². The molecule has 3 heterocycles. The first-order valence-corrected chi connectivity index (χ1v) is 11.0. The summed E-state index contributed by atoms with van der Waals surface area (Å²) in [5.74, 6) is 0.887. The molecular weight excluding hydrogens is 391 g/mol. The van der Waals surface area contributed by atoms with E-state index in [9.17, 15) is 4.39 Å². The molecule has 1 aliphatic rings. The van der Waals surface area contributed by atoms with Crippen LogP contribution in [0.15, 0.2) is 48.7 Å². The van der Waals surface area contributed by atoms with E-state index >= 15 is 0 Å². The number of nitrogens with zero attached hydrogens (tertiary/aromatic N) is 6. The molecule has 31 heavy (non-hydrogen) atoms. The number of aromatic nitrogens is 3. The van der Waals surface area contributed by atoms with Gasteiger partial charge in [-0.1, -0.05) is 13.0 Å². The van der Waals surface area contributed by atoms with Crippen molar-refractivity contribution in [2.45, 2.75) is 26.9 Å². The highest BCUT2D eigenvalue weighted by molar-refractivity contribution is 5.55. The van der Waals surface area contributed by atoms with Crippen LogP contribution in [0, 0.1) is 12.7 Å². The van der Waals surface area contributed by atoms with Crippen LogP contribution in [-0.4, -0.2) is 64.3 Å². The van der Waals surface area contributed by atoms with Gasteiger partial charge in [0.15, 0.2) is 0 Å². The van der Waals surface area contributed by atoms with Crippen molar-refractivity contribution < 1.29 is 4.39 Å². The van der Waals surface area contributed by atoms with Crippen LogP contribution in [0.5, 0.6) is 0 Å². The van der Waals surface area contributed by atoms with Crippen LogP contribution in [0.25, 0.3) is 5.69 Å². The molecule has 0 radical (unpaired) electrons. The molecule has 0 amide bonds. The van der Waals surface area contributed by atoms with Crippen LogP contribution >= 0.6 is 0 Å². The minimum Gasteiger partial charge on any atom is -0.354 e. The second-order valence-electron chi connectivity index (χ2n) is 8.19. The van der Waals surface area contributed by atoms with E-state index in [-0.39, 0.29) is 5.82 Å². The normalized spacial score (nSPS) is 15.1. The first kappa shape index (κ1) is 21.5. The van der Waals surface area contributed by atoms with Gasteiger partial charge < -0.3 is 9.80 Å². The largest absolute Gasteiger partial charge is 0.354 e. The molecule has 1 fully saturated rings. The highest BCUT2D eigenvalue weighted by Crippen LogP contribution is 2.30. The summed E-state index contributed by atoms with van der Waals surface area (Å²) < 4.78 is 15.5. The molecule has 0 N–H and O–H groups in total. The third-order valence-corrected chi connectivity index (χ3v) is 5.97. The van der Waals surface area contributed by atoms with Gasteiger partial charge in [-0.25, -0.2) is 9.07 Å². The summed E-state index contributed by atoms with van der Waals surface area (Å²) in [6, 6.07) is 12.6. The maximum Gasteiger partial charge on any atom is 0.137 e. The zero-order chi connectivity index (χ0) is 21.8. The lowest BCUT2D eigenvalue weighted by atomic mass is 10.2. The van der Waals surface area contributed by atoms with Gasteiger partial charge in [0.25, 0.3) is 0 Å². The van der Waals surface area contributed by atoms with Gasteiger partial charge in [0.05, 0.1) is 17.1 Å². The monoisotopic (exact) mass is 422 g/mol. The SMILES string of the molecule is CCN(Cc1ccccn1)Cc1c(C)nn(-c2ccc(F)cc2)c1N1CCN(C)CC1. The van der Waals surface area contributed by atoms with Crippen molar-refractivity contribution in [1.82, 2.24) is 24.6 Å². The summed E-state index contributed by atoms with van der Waals surface area (Å²) in [6.45, 7) is 10.7. The van der Waals surface area contributed by atoms with Gasteiger partial charge in [0, 0.05) is 51.0 Å². The van der Waals surface area contributed by atoms with Crippen molar-refractivity contribution in [3.63, 3.8) is 0 Å². The third kappa shape index (κ3) is 4.94. The Balaban J connectivity index is 1.69. The second kappa shape index (κ2) is 9.58. The van der Waals surface area contributed by atoms with Crippen LogP contribution in [0.3, 0.4) is 0 Å². The topological polar surface area (TPSA) is 40.4 Å². The Kier molecular flexibility index (Phi) is 6.63. The van der Waals surface area contributed by atoms with E-state index in [1.165, 1.54) is 17.7 Å². The lowest BCUT2D eigenvalue weighted by Gasteiger charge is -2.35. The van der Waals surface area contributed by atoms with Crippen LogP contribution in [-0.2, 0) is 13.1 Å². The Morgan fingerprint density at radius 1 is 1.00 bits per heavy atom. The van der Waals surface area contributed by atoms with E-state index < -0.39 is 0 Å². The molecule has 2 aromatic heterocycles. The molecule has 1 aromatic carbocycles. The second-order valence-corrected chi connectivity index (χ2v) is 8.19. The van der Waals surface area contributed by atoms with E-state index in [2.05, 4.69) is 46.6 Å². The summed E-state index contributed by atoms with van der Waals surface area (Å²) >= 11 is 0. The molecule has 0 unspecified atom stereocenters. The van der Waals surface area contributed by atoms with E-state index in [1.807, 2.05) is 23.0 Å². The van der Waals surface area contributed by atoms with Crippen LogP contribution < -0.4 is 4.90 Å². The van der Waals surface area contributed by atoms with Crippen molar-refractivity contribution in [1.29, 1.82) is 0 Å². The summed E-state index contributed by atoms with van der Waals surface area (Å²) in [6.07, 6.45) is 1.84. The Hall–Kier alpha value is -2.77. The zero-order valence-electron chi connectivity index (χ0n) is 18.6. The number of aryl methyl sites for hydroxylation is 1. The maximum atomic E-state index is 13.6. The predicted octanol–water partition coefficient (Wildman–Crippen LogP) is 3.49. The smallest absolute Gasteiger partial charge is 0.137 e. The summed E-state index contributed by atoms with van der Waals surface area (Å²) in [4.78, 5) is 11.7.